The van der Waals surface area contributed by atoms with Crippen molar-refractivity contribution in [1.82, 2.24) is 5.32 Å². The number of amides is 1. The molecule has 1 aliphatic carbocycles. The summed E-state index contributed by atoms with van der Waals surface area (Å²) in [5.41, 5.74) is 5.21. The Bertz CT molecular complexity index is 1180. The van der Waals surface area contributed by atoms with Gasteiger partial charge in [0.2, 0.25) is 10.0 Å². The second kappa shape index (κ2) is 9.25. The molecular formula is C27H36N2O4S. The minimum absolute atomic E-state index is 0.0497. The molecule has 34 heavy (non-hydrogen) atoms. The number of carbonyl (C=O) groups is 1. The molecule has 0 spiro atoms. The number of sulfonamides is 1. The number of nitrogens with one attached hydrogen (secondary N) is 1. The zero-order valence-electron chi connectivity index (χ0n) is 20.8. The maximum absolute atomic E-state index is 13.3. The van der Waals surface area contributed by atoms with E-state index < -0.39 is 16.1 Å². The van der Waals surface area contributed by atoms with Gasteiger partial charge in [-0.1, -0.05) is 52.0 Å². The van der Waals surface area contributed by atoms with E-state index >= 15 is 0 Å². The first-order valence-electron chi connectivity index (χ1n) is 12.2. The lowest BCUT2D eigenvalue weighted by Gasteiger charge is -2.35. The van der Waals surface area contributed by atoms with Crippen molar-refractivity contribution < 1.29 is 17.9 Å². The van der Waals surface area contributed by atoms with E-state index in [1.54, 1.807) is 6.07 Å². The molecule has 6 nitrogen and oxygen atoms in total. The van der Waals surface area contributed by atoms with Crippen LogP contribution in [0.15, 0.2) is 36.4 Å². The Kier molecular flexibility index (Phi) is 6.69. The summed E-state index contributed by atoms with van der Waals surface area (Å²) in [4.78, 5) is 13.3. The molecule has 1 aliphatic heterocycles. The van der Waals surface area contributed by atoms with Gasteiger partial charge in [0.1, 0.15) is 5.75 Å². The smallest absolute Gasteiger partial charge is 0.263 e. The van der Waals surface area contributed by atoms with Crippen LogP contribution >= 0.6 is 0 Å². The molecule has 0 saturated carbocycles. The average molecular weight is 485 g/mol. The van der Waals surface area contributed by atoms with Gasteiger partial charge >= 0.3 is 0 Å². The third kappa shape index (κ3) is 5.09. The first-order valence-corrected chi connectivity index (χ1v) is 14.0. The number of hydrogen-bond acceptors (Lipinski definition) is 4. The van der Waals surface area contributed by atoms with Crippen molar-refractivity contribution in [3.63, 3.8) is 0 Å². The molecule has 1 N–H and O–H groups in total. The van der Waals surface area contributed by atoms with Crippen LogP contribution in [0.1, 0.15) is 75.3 Å². The van der Waals surface area contributed by atoms with Crippen LogP contribution < -0.4 is 14.4 Å². The van der Waals surface area contributed by atoms with Crippen molar-refractivity contribution in [3.05, 3.63) is 58.7 Å². The van der Waals surface area contributed by atoms with Gasteiger partial charge in [-0.3, -0.25) is 9.10 Å². The van der Waals surface area contributed by atoms with Crippen molar-refractivity contribution in [1.29, 1.82) is 0 Å². The topological polar surface area (TPSA) is 75.7 Å². The van der Waals surface area contributed by atoms with Crippen molar-refractivity contribution >= 4 is 21.6 Å². The molecule has 0 aromatic heterocycles. The summed E-state index contributed by atoms with van der Waals surface area (Å²) < 4.78 is 32.6. The normalized spacial score (nSPS) is 19.0. The zero-order valence-corrected chi connectivity index (χ0v) is 21.7. The molecule has 0 fully saturated rings. The van der Waals surface area contributed by atoms with Crippen LogP contribution in [-0.4, -0.2) is 33.2 Å². The summed E-state index contributed by atoms with van der Waals surface area (Å²) in [7, 11) is -3.59. The molecule has 1 amide bonds. The first-order chi connectivity index (χ1) is 16.0. The fourth-order valence-corrected chi connectivity index (χ4v) is 5.73. The highest BCUT2D eigenvalue weighted by Crippen LogP contribution is 2.38. The monoisotopic (exact) mass is 484 g/mol. The third-order valence-corrected chi connectivity index (χ3v) is 8.03. The molecule has 7 heteroatoms. The maximum Gasteiger partial charge on any atom is 0.263 e. The molecular weight excluding hydrogens is 448 g/mol. The summed E-state index contributed by atoms with van der Waals surface area (Å²) in [6.07, 6.45) is 5.61. The van der Waals surface area contributed by atoms with Crippen LogP contribution in [-0.2, 0) is 33.1 Å². The Morgan fingerprint density at radius 2 is 1.82 bits per heavy atom. The second-order valence-corrected chi connectivity index (χ2v) is 12.4. The van der Waals surface area contributed by atoms with E-state index in [1.807, 2.05) is 19.1 Å². The Hall–Kier alpha value is -2.54. The minimum Gasteiger partial charge on any atom is -0.476 e. The van der Waals surface area contributed by atoms with Gasteiger partial charge in [0.25, 0.3) is 5.91 Å². The van der Waals surface area contributed by atoms with Crippen LogP contribution in [0.2, 0.25) is 0 Å². The summed E-state index contributed by atoms with van der Waals surface area (Å²) >= 11 is 0. The largest absolute Gasteiger partial charge is 0.476 e. The Balaban J connectivity index is 1.58. The van der Waals surface area contributed by atoms with Gasteiger partial charge < -0.3 is 10.1 Å². The summed E-state index contributed by atoms with van der Waals surface area (Å²) in [5, 5.41) is 3.11. The quantitative estimate of drug-likeness (QED) is 0.670. The molecule has 4 rings (SSSR count). The van der Waals surface area contributed by atoms with Crippen molar-refractivity contribution in [2.75, 3.05) is 17.1 Å². The van der Waals surface area contributed by atoms with Crippen LogP contribution in [0.4, 0.5) is 5.69 Å². The van der Waals surface area contributed by atoms with E-state index in [0.29, 0.717) is 11.4 Å². The van der Waals surface area contributed by atoms with E-state index in [1.165, 1.54) is 34.5 Å². The average Bonchev–Trinajstić information content (AvgIpc) is 2.79. The van der Waals surface area contributed by atoms with E-state index in [2.05, 4.69) is 44.3 Å². The number of aryl methyl sites for hydroxylation is 2. The van der Waals surface area contributed by atoms with Crippen LogP contribution in [0.25, 0.3) is 0 Å². The van der Waals surface area contributed by atoms with E-state index in [-0.39, 0.29) is 23.9 Å². The van der Waals surface area contributed by atoms with Crippen molar-refractivity contribution in [2.24, 2.45) is 0 Å². The van der Waals surface area contributed by atoms with Crippen molar-refractivity contribution in [3.8, 4) is 5.75 Å². The molecule has 0 bridgehead atoms. The van der Waals surface area contributed by atoms with Crippen LogP contribution in [0.3, 0.4) is 0 Å². The van der Waals surface area contributed by atoms with E-state index in [4.69, 9.17) is 4.74 Å². The highest BCUT2D eigenvalue weighted by molar-refractivity contribution is 7.92. The lowest BCUT2D eigenvalue weighted by Crippen LogP contribution is -2.51. The number of anilines is 1. The van der Waals surface area contributed by atoms with Crippen LogP contribution in [0, 0.1) is 0 Å². The molecule has 2 aromatic carbocycles. The number of fused-ring (bicyclic) bond motifs is 2. The van der Waals surface area contributed by atoms with Gasteiger partial charge in [0, 0.05) is 0 Å². The zero-order chi connectivity index (χ0) is 24.7. The predicted molar refractivity (Wildman–Crippen MR) is 136 cm³/mol. The molecule has 0 saturated heterocycles. The number of nitrogens with zero attached hydrogens (tertiary/aromatic N) is 1. The van der Waals surface area contributed by atoms with Crippen molar-refractivity contribution in [2.45, 2.75) is 77.4 Å². The molecule has 1 heterocycles. The lowest BCUT2D eigenvalue weighted by atomic mass is 9.86. The highest BCUT2D eigenvalue weighted by Gasteiger charge is 2.36. The number of ether oxygens (including phenoxy) is 1. The van der Waals surface area contributed by atoms with Crippen LogP contribution in [0.5, 0.6) is 5.75 Å². The molecule has 2 atom stereocenters. The Labute approximate surface area is 203 Å². The standard InChI is InChI=1S/C27H36N2O4S/c1-6-22(20-12-11-18-9-7-8-10-19(18)15-20)28-26(30)25-17-29(34(5,31)32)23-16-21(27(2,3)4)13-14-24(23)33-25/h11-16,22,25H,6-10,17H2,1-5H3,(H,28,30). The number of carbonyl (C=O) groups excluding carboxylic acids is 1. The van der Waals surface area contributed by atoms with Gasteiger partial charge in [0.15, 0.2) is 6.10 Å². The second-order valence-electron chi connectivity index (χ2n) is 10.5. The maximum atomic E-state index is 13.3. The SMILES string of the molecule is CCC(NC(=O)C1CN(S(C)(=O)=O)c2cc(C(C)(C)C)ccc2O1)c1ccc2c(c1)CCCC2. The summed E-state index contributed by atoms with van der Waals surface area (Å²) in [6.45, 7) is 8.21. The third-order valence-electron chi connectivity index (χ3n) is 6.89. The van der Waals surface area contributed by atoms with Gasteiger partial charge in [-0.05, 0) is 71.9 Å². The number of hydrogen-bond donors (Lipinski definition) is 1. The van der Waals surface area contributed by atoms with E-state index in [9.17, 15) is 13.2 Å². The molecule has 2 aliphatic rings. The molecule has 2 unspecified atom stereocenters. The van der Waals surface area contributed by atoms with Gasteiger partial charge in [-0.25, -0.2) is 8.42 Å². The molecule has 2 aromatic rings. The summed E-state index contributed by atoms with van der Waals surface area (Å²) in [6, 6.07) is 11.9. The van der Waals surface area contributed by atoms with Gasteiger partial charge in [0.05, 0.1) is 24.5 Å². The fourth-order valence-electron chi connectivity index (χ4n) is 4.82. The molecule has 0 radical (unpaired) electrons. The van der Waals surface area contributed by atoms with E-state index in [0.717, 1.165) is 30.4 Å². The minimum atomic E-state index is -3.59. The highest BCUT2D eigenvalue weighted by atomic mass is 32.2. The summed E-state index contributed by atoms with van der Waals surface area (Å²) in [5.74, 6) is 0.107. The Morgan fingerprint density at radius 1 is 1.12 bits per heavy atom. The number of rotatable bonds is 5. The Morgan fingerprint density at radius 3 is 2.47 bits per heavy atom. The predicted octanol–water partition coefficient (Wildman–Crippen LogP) is 4.66. The first kappa shape index (κ1) is 24.6. The fraction of sp³-hybridized carbons (Fsp3) is 0.519. The number of benzene rings is 2. The molecule has 184 valence electrons. The van der Waals surface area contributed by atoms with Gasteiger partial charge in [-0.2, -0.15) is 0 Å². The lowest BCUT2D eigenvalue weighted by molar-refractivity contribution is -0.128. The van der Waals surface area contributed by atoms with Gasteiger partial charge in [-0.15, -0.1) is 0 Å².